The minimum absolute atomic E-state index is 0.00244. The SMILES string of the molecule is C=NCC(CC1CC(C)(C)NC1=O)NC(=O)C(CC1CC1(F)F)NC(=O)C(NC(=O)C(F)(F)F)C(C)(C)C. The summed E-state index contributed by atoms with van der Waals surface area (Å²) in [4.78, 5) is 53.8. The second-order valence-electron chi connectivity index (χ2n) is 11.9. The second-order valence-corrected chi connectivity index (χ2v) is 11.9. The molecule has 5 unspecified atom stereocenters. The van der Waals surface area contributed by atoms with Crippen molar-refractivity contribution in [3.63, 3.8) is 0 Å². The van der Waals surface area contributed by atoms with Gasteiger partial charge in [-0.05, 0) is 45.2 Å². The Hall–Kier alpha value is -2.80. The number of rotatable bonds is 11. The first-order chi connectivity index (χ1) is 17.2. The van der Waals surface area contributed by atoms with E-state index in [1.165, 1.54) is 20.8 Å². The summed E-state index contributed by atoms with van der Waals surface area (Å²) >= 11 is 0. The predicted molar refractivity (Wildman–Crippen MR) is 128 cm³/mol. The van der Waals surface area contributed by atoms with Gasteiger partial charge in [0.25, 0.3) is 5.92 Å². The number of carbonyl (C=O) groups excluding carboxylic acids is 4. The highest BCUT2D eigenvalue weighted by molar-refractivity contribution is 5.93. The molecule has 1 saturated heterocycles. The number of carbonyl (C=O) groups is 4. The quantitative estimate of drug-likeness (QED) is 0.231. The zero-order chi connectivity index (χ0) is 29.3. The van der Waals surface area contributed by atoms with Crippen molar-refractivity contribution in [2.75, 3.05) is 6.54 Å². The zero-order valence-electron chi connectivity index (χ0n) is 22.1. The van der Waals surface area contributed by atoms with Gasteiger partial charge in [0.1, 0.15) is 12.1 Å². The van der Waals surface area contributed by atoms with Crippen LogP contribution in [0.1, 0.15) is 60.3 Å². The lowest BCUT2D eigenvalue weighted by molar-refractivity contribution is -0.175. The van der Waals surface area contributed by atoms with Gasteiger partial charge in [-0.15, -0.1) is 0 Å². The van der Waals surface area contributed by atoms with E-state index in [9.17, 15) is 41.1 Å². The standard InChI is InChI=1S/C24H36F5N5O4/c1-21(2,3)16(33-20(38)24(27,28)29)19(37)32-15(8-13-10-23(13,25)26)18(36)31-14(11-30-6)7-12-9-22(4,5)34-17(12)35/h12-16H,6-11H2,1-5H3,(H,31,36)(H,32,37)(H,33,38)(H,34,35). The molecule has 216 valence electrons. The third-order valence-electron chi connectivity index (χ3n) is 6.62. The van der Waals surface area contributed by atoms with Crippen LogP contribution in [0.15, 0.2) is 4.99 Å². The van der Waals surface area contributed by atoms with Crippen molar-refractivity contribution in [1.82, 2.24) is 21.3 Å². The molecule has 1 aliphatic heterocycles. The number of nitrogens with zero attached hydrogens (tertiary/aromatic N) is 1. The average Bonchev–Trinajstić information content (AvgIpc) is 3.23. The molecule has 1 aliphatic carbocycles. The lowest BCUT2D eigenvalue weighted by Gasteiger charge is -2.32. The fourth-order valence-corrected chi connectivity index (χ4v) is 4.55. The Labute approximate surface area is 218 Å². The van der Waals surface area contributed by atoms with Gasteiger partial charge in [0, 0.05) is 29.8 Å². The van der Waals surface area contributed by atoms with E-state index in [4.69, 9.17) is 0 Å². The van der Waals surface area contributed by atoms with E-state index in [0.717, 1.165) is 0 Å². The summed E-state index contributed by atoms with van der Waals surface area (Å²) in [7, 11) is 0. The van der Waals surface area contributed by atoms with Gasteiger partial charge in [-0.3, -0.25) is 24.2 Å². The molecule has 1 saturated carbocycles. The maximum Gasteiger partial charge on any atom is 0.471 e. The van der Waals surface area contributed by atoms with Crippen molar-refractivity contribution < 1.29 is 41.1 Å². The van der Waals surface area contributed by atoms with E-state index in [2.05, 4.69) is 27.7 Å². The van der Waals surface area contributed by atoms with Crippen LogP contribution >= 0.6 is 0 Å². The van der Waals surface area contributed by atoms with Gasteiger partial charge < -0.3 is 21.3 Å². The Morgan fingerprint density at radius 2 is 1.63 bits per heavy atom. The van der Waals surface area contributed by atoms with Crippen LogP contribution in [0.2, 0.25) is 0 Å². The second kappa shape index (κ2) is 11.1. The molecular weight excluding hydrogens is 517 g/mol. The Bertz CT molecular complexity index is 947. The number of alkyl halides is 5. The van der Waals surface area contributed by atoms with Gasteiger partial charge in [-0.1, -0.05) is 20.8 Å². The molecule has 9 nitrogen and oxygen atoms in total. The summed E-state index contributed by atoms with van der Waals surface area (Å²) in [5.74, 6) is -9.26. The maximum atomic E-state index is 13.7. The largest absolute Gasteiger partial charge is 0.471 e. The molecule has 4 N–H and O–H groups in total. The first-order valence-electron chi connectivity index (χ1n) is 12.3. The number of aliphatic imine (C=N–C) groups is 1. The normalized spacial score (nSPS) is 24.4. The van der Waals surface area contributed by atoms with Crippen molar-refractivity contribution in [3.05, 3.63) is 0 Å². The highest BCUT2D eigenvalue weighted by Crippen LogP contribution is 2.51. The van der Waals surface area contributed by atoms with E-state index in [-0.39, 0.29) is 18.9 Å². The average molecular weight is 554 g/mol. The Balaban J connectivity index is 2.20. The minimum atomic E-state index is -5.26. The third-order valence-corrected chi connectivity index (χ3v) is 6.62. The van der Waals surface area contributed by atoms with Gasteiger partial charge in [0.2, 0.25) is 17.7 Å². The molecule has 14 heteroatoms. The van der Waals surface area contributed by atoms with Crippen molar-refractivity contribution in [2.45, 2.75) is 96.1 Å². The number of halogens is 5. The smallest absolute Gasteiger partial charge is 0.351 e. The molecule has 0 spiro atoms. The molecular formula is C24H36F5N5O4. The molecule has 4 amide bonds. The van der Waals surface area contributed by atoms with E-state index >= 15 is 0 Å². The van der Waals surface area contributed by atoms with Crippen LogP contribution in [-0.4, -0.2) is 72.7 Å². The van der Waals surface area contributed by atoms with Crippen molar-refractivity contribution in [1.29, 1.82) is 0 Å². The van der Waals surface area contributed by atoms with Crippen LogP contribution in [0.4, 0.5) is 22.0 Å². The lowest BCUT2D eigenvalue weighted by Crippen LogP contribution is -2.60. The van der Waals surface area contributed by atoms with Crippen molar-refractivity contribution in [2.24, 2.45) is 22.2 Å². The highest BCUT2D eigenvalue weighted by atomic mass is 19.4. The molecule has 0 radical (unpaired) electrons. The first kappa shape index (κ1) is 31.4. The zero-order valence-corrected chi connectivity index (χ0v) is 22.1. The number of amides is 4. The Morgan fingerprint density at radius 1 is 1.05 bits per heavy atom. The van der Waals surface area contributed by atoms with Crippen LogP contribution in [0.5, 0.6) is 0 Å². The molecule has 38 heavy (non-hydrogen) atoms. The van der Waals surface area contributed by atoms with Crippen LogP contribution in [0, 0.1) is 17.3 Å². The van der Waals surface area contributed by atoms with E-state index in [0.29, 0.717) is 6.42 Å². The highest BCUT2D eigenvalue weighted by Gasteiger charge is 2.58. The summed E-state index contributed by atoms with van der Waals surface area (Å²) in [5.41, 5.74) is -1.66. The minimum Gasteiger partial charge on any atom is -0.351 e. The van der Waals surface area contributed by atoms with Crippen LogP contribution in [0.25, 0.3) is 0 Å². The predicted octanol–water partition coefficient (Wildman–Crippen LogP) is 2.10. The van der Waals surface area contributed by atoms with Gasteiger partial charge >= 0.3 is 12.1 Å². The van der Waals surface area contributed by atoms with Crippen molar-refractivity contribution in [3.8, 4) is 0 Å². The molecule has 0 aromatic rings. The molecule has 2 rings (SSSR count). The molecule has 1 heterocycles. The van der Waals surface area contributed by atoms with Gasteiger partial charge in [-0.25, -0.2) is 8.78 Å². The molecule has 0 aromatic carbocycles. The monoisotopic (exact) mass is 553 g/mol. The van der Waals surface area contributed by atoms with Crippen molar-refractivity contribution >= 4 is 30.3 Å². The van der Waals surface area contributed by atoms with Gasteiger partial charge in [0.05, 0.1) is 6.54 Å². The molecule has 0 bridgehead atoms. The number of hydrogen-bond acceptors (Lipinski definition) is 5. The van der Waals surface area contributed by atoms with Gasteiger partial charge in [0.15, 0.2) is 0 Å². The third kappa shape index (κ3) is 8.62. The lowest BCUT2D eigenvalue weighted by atomic mass is 9.85. The fourth-order valence-electron chi connectivity index (χ4n) is 4.55. The fraction of sp³-hybridized carbons (Fsp3) is 0.792. The summed E-state index contributed by atoms with van der Waals surface area (Å²) in [6.45, 7) is 11.3. The topological polar surface area (TPSA) is 129 Å². The van der Waals surface area contributed by atoms with E-state index in [1.807, 2.05) is 13.8 Å². The molecule has 2 fully saturated rings. The van der Waals surface area contributed by atoms with Crippen LogP contribution < -0.4 is 21.3 Å². The number of hydrogen-bond donors (Lipinski definition) is 4. The first-order valence-corrected chi connectivity index (χ1v) is 12.3. The molecule has 2 aliphatic rings. The summed E-state index contributed by atoms with van der Waals surface area (Å²) in [5, 5.41) is 9.34. The Morgan fingerprint density at radius 3 is 2.05 bits per heavy atom. The van der Waals surface area contributed by atoms with Crippen LogP contribution in [-0.2, 0) is 19.2 Å². The van der Waals surface area contributed by atoms with Crippen LogP contribution in [0.3, 0.4) is 0 Å². The summed E-state index contributed by atoms with van der Waals surface area (Å²) in [6, 6.07) is -3.97. The summed E-state index contributed by atoms with van der Waals surface area (Å²) < 4.78 is 65.9. The molecule has 0 aromatic heterocycles. The van der Waals surface area contributed by atoms with E-state index < -0.39 is 83.6 Å². The summed E-state index contributed by atoms with van der Waals surface area (Å²) in [6.07, 6.45) is -5.58. The molecule has 5 atom stereocenters. The van der Waals surface area contributed by atoms with Gasteiger partial charge in [-0.2, -0.15) is 13.2 Å². The maximum absolute atomic E-state index is 13.7. The Kier molecular flexibility index (Phi) is 9.20. The number of nitrogens with one attached hydrogen (secondary N) is 4. The van der Waals surface area contributed by atoms with E-state index in [1.54, 1.807) is 5.32 Å².